The van der Waals surface area contributed by atoms with Gasteiger partial charge in [-0.05, 0) is 74.8 Å². The normalized spacial score (nSPS) is 18.7. The van der Waals surface area contributed by atoms with Gasteiger partial charge in [-0.15, -0.1) is 0 Å². The number of nitrogens with one attached hydrogen (secondary N) is 1. The van der Waals surface area contributed by atoms with Crippen molar-refractivity contribution in [3.8, 4) is 5.82 Å². The number of pyridine rings is 2. The first-order chi connectivity index (χ1) is 14.5. The molecule has 2 atom stereocenters. The molecule has 3 aromatic heterocycles. The SMILES string of the molecule is CCCCN1C(=S)N[C@@H](c2ccccn2)[C@@H]1c1cc(C)n(-c2ccc(C)cn2)c1C. The van der Waals surface area contributed by atoms with Crippen LogP contribution in [0.4, 0.5) is 0 Å². The Hall–Kier alpha value is -2.73. The van der Waals surface area contributed by atoms with Gasteiger partial charge in [-0.1, -0.05) is 25.5 Å². The average Bonchev–Trinajstić information content (AvgIpc) is 3.23. The fraction of sp³-hybridized carbons (Fsp3) is 0.375. The maximum absolute atomic E-state index is 5.77. The largest absolute Gasteiger partial charge is 0.352 e. The van der Waals surface area contributed by atoms with E-state index in [-0.39, 0.29) is 12.1 Å². The number of hydrogen-bond donors (Lipinski definition) is 1. The molecule has 0 aromatic carbocycles. The first kappa shape index (κ1) is 20.5. The maximum atomic E-state index is 5.77. The van der Waals surface area contributed by atoms with Crippen LogP contribution in [0.15, 0.2) is 48.8 Å². The van der Waals surface area contributed by atoms with E-state index >= 15 is 0 Å². The topological polar surface area (TPSA) is 46.0 Å². The summed E-state index contributed by atoms with van der Waals surface area (Å²) in [6, 6.07) is 12.7. The molecule has 4 heterocycles. The van der Waals surface area contributed by atoms with E-state index in [2.05, 4.69) is 76.7 Å². The summed E-state index contributed by atoms with van der Waals surface area (Å²) in [7, 11) is 0. The van der Waals surface area contributed by atoms with Crippen molar-refractivity contribution in [2.75, 3.05) is 6.54 Å². The van der Waals surface area contributed by atoms with E-state index in [4.69, 9.17) is 12.2 Å². The standard InChI is InChI=1S/C24H29N5S/c1-5-6-13-28-23(22(27-24(28)30)20-9-7-8-12-25-20)19-14-17(3)29(18(19)4)21-11-10-16(2)15-26-21/h7-12,14-15,22-23H,5-6,13H2,1-4H3,(H,27,30)/t22-,23-/m0/s1. The van der Waals surface area contributed by atoms with Crippen molar-refractivity contribution >= 4 is 17.3 Å². The van der Waals surface area contributed by atoms with Crippen LogP contribution in [0.25, 0.3) is 5.82 Å². The van der Waals surface area contributed by atoms with Crippen molar-refractivity contribution < 1.29 is 0 Å². The van der Waals surface area contributed by atoms with E-state index in [1.54, 1.807) is 0 Å². The molecule has 0 amide bonds. The lowest BCUT2D eigenvalue weighted by Crippen LogP contribution is -2.30. The van der Waals surface area contributed by atoms with Crippen molar-refractivity contribution in [2.45, 2.75) is 52.6 Å². The van der Waals surface area contributed by atoms with Crippen LogP contribution in [0.2, 0.25) is 0 Å². The number of hydrogen-bond acceptors (Lipinski definition) is 3. The molecule has 1 saturated heterocycles. The number of nitrogens with zero attached hydrogens (tertiary/aromatic N) is 4. The first-order valence-electron chi connectivity index (χ1n) is 10.6. The van der Waals surface area contributed by atoms with Gasteiger partial charge in [0.2, 0.25) is 0 Å². The van der Waals surface area contributed by atoms with E-state index in [9.17, 15) is 0 Å². The quantitative estimate of drug-likeness (QED) is 0.572. The summed E-state index contributed by atoms with van der Waals surface area (Å²) in [6.45, 7) is 9.53. The van der Waals surface area contributed by atoms with Gasteiger partial charge in [-0.3, -0.25) is 4.98 Å². The molecule has 0 saturated carbocycles. The predicted octanol–water partition coefficient (Wildman–Crippen LogP) is 4.97. The molecule has 4 rings (SSSR count). The van der Waals surface area contributed by atoms with Gasteiger partial charge < -0.3 is 14.8 Å². The molecule has 1 aliphatic rings. The van der Waals surface area contributed by atoms with Crippen molar-refractivity contribution in [3.05, 3.63) is 77.0 Å². The van der Waals surface area contributed by atoms with Crippen LogP contribution in [0.3, 0.4) is 0 Å². The highest BCUT2D eigenvalue weighted by atomic mass is 32.1. The third kappa shape index (κ3) is 3.72. The second-order valence-corrected chi connectivity index (χ2v) is 8.42. The summed E-state index contributed by atoms with van der Waals surface area (Å²) in [6.07, 6.45) is 6.01. The van der Waals surface area contributed by atoms with Crippen LogP contribution in [0, 0.1) is 20.8 Å². The summed E-state index contributed by atoms with van der Waals surface area (Å²) in [5, 5.41) is 4.36. The molecule has 0 radical (unpaired) electrons. The van der Waals surface area contributed by atoms with E-state index in [0.717, 1.165) is 41.6 Å². The van der Waals surface area contributed by atoms with Gasteiger partial charge in [0.05, 0.1) is 17.8 Å². The molecular formula is C24H29N5S. The lowest BCUT2D eigenvalue weighted by atomic mass is 9.96. The molecule has 6 heteroatoms. The number of rotatable bonds is 6. The third-order valence-electron chi connectivity index (χ3n) is 5.86. The number of unbranched alkanes of at least 4 members (excludes halogenated alkanes) is 1. The van der Waals surface area contributed by atoms with Crippen LogP contribution in [-0.4, -0.2) is 31.1 Å². The van der Waals surface area contributed by atoms with Crippen LogP contribution >= 0.6 is 12.2 Å². The number of thiocarbonyl (C=S) groups is 1. The lowest BCUT2D eigenvalue weighted by Gasteiger charge is -2.28. The first-order valence-corrected chi connectivity index (χ1v) is 11.0. The van der Waals surface area contributed by atoms with E-state index in [1.165, 1.54) is 17.0 Å². The zero-order chi connectivity index (χ0) is 21.3. The molecule has 1 fully saturated rings. The van der Waals surface area contributed by atoms with E-state index in [0.29, 0.717) is 0 Å². The summed E-state index contributed by atoms with van der Waals surface area (Å²) in [4.78, 5) is 11.7. The smallest absolute Gasteiger partial charge is 0.170 e. The van der Waals surface area contributed by atoms with Gasteiger partial charge in [-0.25, -0.2) is 4.98 Å². The maximum Gasteiger partial charge on any atom is 0.170 e. The van der Waals surface area contributed by atoms with Crippen LogP contribution < -0.4 is 5.32 Å². The lowest BCUT2D eigenvalue weighted by molar-refractivity contribution is 0.312. The highest BCUT2D eigenvalue weighted by molar-refractivity contribution is 7.80. The Kier molecular flexibility index (Phi) is 5.86. The molecule has 1 N–H and O–H groups in total. The highest BCUT2D eigenvalue weighted by Crippen LogP contribution is 2.41. The molecule has 0 bridgehead atoms. The molecule has 30 heavy (non-hydrogen) atoms. The fourth-order valence-electron chi connectivity index (χ4n) is 4.35. The Morgan fingerprint density at radius 2 is 1.93 bits per heavy atom. The van der Waals surface area contributed by atoms with Gasteiger partial charge in [0.1, 0.15) is 5.82 Å². The molecule has 156 valence electrons. The fourth-order valence-corrected chi connectivity index (χ4v) is 4.68. The highest BCUT2D eigenvalue weighted by Gasteiger charge is 2.41. The summed E-state index contributed by atoms with van der Waals surface area (Å²) >= 11 is 5.77. The minimum Gasteiger partial charge on any atom is -0.352 e. The Labute approximate surface area is 184 Å². The van der Waals surface area contributed by atoms with Crippen molar-refractivity contribution in [3.63, 3.8) is 0 Å². The molecule has 3 aromatic rings. The van der Waals surface area contributed by atoms with Gasteiger partial charge in [0.15, 0.2) is 5.11 Å². The summed E-state index contributed by atoms with van der Waals surface area (Å²) in [5.74, 6) is 0.949. The zero-order valence-electron chi connectivity index (χ0n) is 18.1. The van der Waals surface area contributed by atoms with Crippen molar-refractivity contribution in [2.24, 2.45) is 0 Å². The summed E-state index contributed by atoms with van der Waals surface area (Å²) < 4.78 is 2.24. The van der Waals surface area contributed by atoms with Crippen molar-refractivity contribution in [1.82, 2.24) is 24.8 Å². The van der Waals surface area contributed by atoms with Crippen molar-refractivity contribution in [1.29, 1.82) is 0 Å². The Morgan fingerprint density at radius 3 is 2.60 bits per heavy atom. The predicted molar refractivity (Wildman–Crippen MR) is 125 cm³/mol. The van der Waals surface area contributed by atoms with Crippen LogP contribution in [0.1, 0.15) is 60.1 Å². The minimum absolute atomic E-state index is 0.0236. The Balaban J connectivity index is 1.81. The van der Waals surface area contributed by atoms with Gasteiger partial charge in [0, 0.05) is 30.3 Å². The average molecular weight is 420 g/mol. The Morgan fingerprint density at radius 1 is 1.10 bits per heavy atom. The molecular weight excluding hydrogens is 390 g/mol. The summed E-state index contributed by atoms with van der Waals surface area (Å²) in [5.41, 5.74) is 5.82. The zero-order valence-corrected chi connectivity index (χ0v) is 18.9. The second-order valence-electron chi connectivity index (χ2n) is 8.03. The Bertz CT molecular complexity index is 1030. The second kappa shape index (κ2) is 8.56. The molecule has 0 unspecified atom stereocenters. The molecule has 0 spiro atoms. The van der Waals surface area contributed by atoms with Gasteiger partial charge in [-0.2, -0.15) is 0 Å². The number of aromatic nitrogens is 3. The third-order valence-corrected chi connectivity index (χ3v) is 6.22. The minimum atomic E-state index is 0.0236. The van der Waals surface area contributed by atoms with E-state index in [1.807, 2.05) is 24.5 Å². The van der Waals surface area contributed by atoms with Crippen LogP contribution in [0.5, 0.6) is 0 Å². The van der Waals surface area contributed by atoms with Crippen LogP contribution in [-0.2, 0) is 0 Å². The van der Waals surface area contributed by atoms with E-state index < -0.39 is 0 Å². The number of aryl methyl sites for hydroxylation is 2. The molecule has 5 nitrogen and oxygen atoms in total. The molecule has 0 aliphatic carbocycles. The van der Waals surface area contributed by atoms with Gasteiger partial charge in [0.25, 0.3) is 0 Å². The molecule has 1 aliphatic heterocycles. The van der Waals surface area contributed by atoms with Gasteiger partial charge >= 0.3 is 0 Å². The monoisotopic (exact) mass is 419 g/mol.